The van der Waals surface area contributed by atoms with Gasteiger partial charge in [-0.25, -0.2) is 0 Å². The fourth-order valence-electron chi connectivity index (χ4n) is 5.42. The SMILES string of the molecule is O=C(NCC1(N2CCCC2)CCCCC1)c1cccc([C@H]2CCCNC2)c1. The Morgan fingerprint density at radius 1 is 1.11 bits per heavy atom. The lowest BCUT2D eigenvalue weighted by Crippen LogP contribution is -2.55. The molecule has 0 spiro atoms. The van der Waals surface area contributed by atoms with Crippen LogP contribution in [0, 0.1) is 0 Å². The van der Waals surface area contributed by atoms with Crippen LogP contribution in [-0.4, -0.2) is 49.1 Å². The summed E-state index contributed by atoms with van der Waals surface area (Å²) in [6, 6.07) is 8.33. The summed E-state index contributed by atoms with van der Waals surface area (Å²) < 4.78 is 0. The number of likely N-dealkylation sites (tertiary alicyclic amines) is 1. The molecule has 4 heteroatoms. The molecule has 4 nitrogen and oxygen atoms in total. The first-order valence-electron chi connectivity index (χ1n) is 11.1. The van der Waals surface area contributed by atoms with Gasteiger partial charge in [0.1, 0.15) is 0 Å². The first-order valence-corrected chi connectivity index (χ1v) is 11.1. The van der Waals surface area contributed by atoms with Gasteiger partial charge in [-0.2, -0.15) is 0 Å². The molecule has 27 heavy (non-hydrogen) atoms. The molecule has 1 amide bonds. The van der Waals surface area contributed by atoms with Gasteiger partial charge in [0.05, 0.1) is 0 Å². The molecule has 0 aromatic heterocycles. The van der Waals surface area contributed by atoms with E-state index in [0.29, 0.717) is 5.92 Å². The number of hydrogen-bond donors (Lipinski definition) is 2. The fraction of sp³-hybridized carbons (Fsp3) is 0.696. The number of nitrogens with zero attached hydrogens (tertiary/aromatic N) is 1. The van der Waals surface area contributed by atoms with Gasteiger partial charge < -0.3 is 10.6 Å². The van der Waals surface area contributed by atoms with Gasteiger partial charge in [-0.3, -0.25) is 9.69 Å². The van der Waals surface area contributed by atoms with Gasteiger partial charge in [-0.1, -0.05) is 31.4 Å². The monoisotopic (exact) mass is 369 g/mol. The quantitative estimate of drug-likeness (QED) is 0.832. The van der Waals surface area contributed by atoms with Crippen LogP contribution < -0.4 is 10.6 Å². The van der Waals surface area contributed by atoms with Crippen LogP contribution in [0.1, 0.15) is 79.6 Å². The van der Waals surface area contributed by atoms with E-state index >= 15 is 0 Å². The summed E-state index contributed by atoms with van der Waals surface area (Å²) in [5.41, 5.74) is 2.34. The van der Waals surface area contributed by atoms with Crippen molar-refractivity contribution < 1.29 is 4.79 Å². The molecule has 1 saturated carbocycles. The molecule has 0 bridgehead atoms. The Balaban J connectivity index is 1.42. The van der Waals surface area contributed by atoms with Gasteiger partial charge in [-0.15, -0.1) is 0 Å². The molecule has 1 atom stereocenters. The third kappa shape index (κ3) is 4.38. The summed E-state index contributed by atoms with van der Waals surface area (Å²) >= 11 is 0. The van der Waals surface area contributed by atoms with Crippen molar-refractivity contribution in [1.82, 2.24) is 15.5 Å². The molecule has 0 unspecified atom stereocenters. The van der Waals surface area contributed by atoms with Gasteiger partial charge in [0, 0.05) is 24.2 Å². The van der Waals surface area contributed by atoms with E-state index in [9.17, 15) is 4.79 Å². The second-order valence-corrected chi connectivity index (χ2v) is 8.83. The number of carbonyl (C=O) groups excluding carboxylic acids is 1. The molecule has 2 heterocycles. The molecular formula is C23H35N3O. The first kappa shape index (κ1) is 18.9. The topological polar surface area (TPSA) is 44.4 Å². The minimum atomic E-state index is 0.102. The smallest absolute Gasteiger partial charge is 0.251 e. The normalized spacial score (nSPS) is 26.0. The number of piperidine rings is 1. The van der Waals surface area contributed by atoms with E-state index < -0.39 is 0 Å². The van der Waals surface area contributed by atoms with Gasteiger partial charge in [-0.05, 0) is 81.8 Å². The van der Waals surface area contributed by atoms with Crippen molar-refractivity contribution in [3.05, 3.63) is 35.4 Å². The highest BCUT2D eigenvalue weighted by Gasteiger charge is 2.39. The third-order valence-corrected chi connectivity index (χ3v) is 7.06. The first-order chi connectivity index (χ1) is 13.3. The summed E-state index contributed by atoms with van der Waals surface area (Å²) in [7, 11) is 0. The second kappa shape index (κ2) is 8.74. The lowest BCUT2D eigenvalue weighted by molar-refractivity contribution is 0.0652. The maximum Gasteiger partial charge on any atom is 0.251 e. The Labute approximate surface area is 164 Å². The number of benzene rings is 1. The maximum absolute atomic E-state index is 12.9. The van der Waals surface area contributed by atoms with E-state index in [4.69, 9.17) is 0 Å². The molecule has 1 aromatic carbocycles. The van der Waals surface area contributed by atoms with E-state index in [2.05, 4.69) is 33.7 Å². The van der Waals surface area contributed by atoms with Gasteiger partial charge in [0.25, 0.3) is 5.91 Å². The van der Waals surface area contributed by atoms with Crippen LogP contribution in [0.15, 0.2) is 24.3 Å². The van der Waals surface area contributed by atoms with Crippen LogP contribution in [0.3, 0.4) is 0 Å². The van der Waals surface area contributed by atoms with E-state index in [0.717, 1.165) is 25.2 Å². The van der Waals surface area contributed by atoms with Crippen LogP contribution in [0.25, 0.3) is 0 Å². The summed E-state index contributed by atoms with van der Waals surface area (Å²) in [6.07, 6.45) is 11.5. The van der Waals surface area contributed by atoms with Gasteiger partial charge in [0.2, 0.25) is 0 Å². The molecule has 3 fully saturated rings. The van der Waals surface area contributed by atoms with Crippen LogP contribution in [0.5, 0.6) is 0 Å². The molecule has 148 valence electrons. The van der Waals surface area contributed by atoms with Crippen molar-refractivity contribution in [3.8, 4) is 0 Å². The minimum Gasteiger partial charge on any atom is -0.350 e. The summed E-state index contributed by atoms with van der Waals surface area (Å²) in [6.45, 7) is 5.37. The van der Waals surface area contributed by atoms with E-state index in [-0.39, 0.29) is 11.4 Å². The number of hydrogen-bond acceptors (Lipinski definition) is 3. The number of amides is 1. The predicted octanol–water partition coefficient (Wildman–Crippen LogP) is 3.68. The highest BCUT2D eigenvalue weighted by atomic mass is 16.1. The van der Waals surface area contributed by atoms with Gasteiger partial charge >= 0.3 is 0 Å². The largest absolute Gasteiger partial charge is 0.350 e. The maximum atomic E-state index is 12.9. The Bertz CT molecular complexity index is 626. The molecule has 2 N–H and O–H groups in total. The van der Waals surface area contributed by atoms with Crippen molar-refractivity contribution in [2.45, 2.75) is 69.2 Å². The van der Waals surface area contributed by atoms with E-state index in [1.807, 2.05) is 6.07 Å². The third-order valence-electron chi connectivity index (χ3n) is 7.06. The molecule has 2 aliphatic heterocycles. The summed E-state index contributed by atoms with van der Waals surface area (Å²) in [5, 5.41) is 6.80. The average Bonchev–Trinajstić information content (AvgIpc) is 3.29. The molecule has 1 aliphatic carbocycles. The molecule has 2 saturated heterocycles. The zero-order chi connectivity index (χ0) is 18.5. The number of carbonyl (C=O) groups is 1. The average molecular weight is 370 g/mol. The molecular weight excluding hydrogens is 334 g/mol. The highest BCUT2D eigenvalue weighted by molar-refractivity contribution is 5.94. The fourth-order valence-corrected chi connectivity index (χ4v) is 5.42. The summed E-state index contributed by atoms with van der Waals surface area (Å²) in [5.74, 6) is 0.644. The minimum absolute atomic E-state index is 0.102. The zero-order valence-electron chi connectivity index (χ0n) is 16.6. The molecule has 0 radical (unpaired) electrons. The lowest BCUT2D eigenvalue weighted by atomic mass is 9.80. The van der Waals surface area contributed by atoms with Crippen LogP contribution in [0.2, 0.25) is 0 Å². The Kier molecular flexibility index (Phi) is 6.14. The lowest BCUT2D eigenvalue weighted by Gasteiger charge is -2.45. The second-order valence-electron chi connectivity index (χ2n) is 8.83. The van der Waals surface area contributed by atoms with Crippen molar-refractivity contribution in [3.63, 3.8) is 0 Å². The van der Waals surface area contributed by atoms with Crippen molar-refractivity contribution in [1.29, 1.82) is 0 Å². The molecule has 1 aromatic rings. The molecule has 4 rings (SSSR count). The Hall–Kier alpha value is -1.39. The Morgan fingerprint density at radius 3 is 2.67 bits per heavy atom. The Morgan fingerprint density at radius 2 is 1.93 bits per heavy atom. The van der Waals surface area contributed by atoms with Crippen molar-refractivity contribution >= 4 is 5.91 Å². The number of nitrogens with one attached hydrogen (secondary N) is 2. The van der Waals surface area contributed by atoms with Crippen LogP contribution >= 0.6 is 0 Å². The number of rotatable bonds is 5. The van der Waals surface area contributed by atoms with Gasteiger partial charge in [0.15, 0.2) is 0 Å². The van der Waals surface area contributed by atoms with E-state index in [1.54, 1.807) is 0 Å². The zero-order valence-corrected chi connectivity index (χ0v) is 16.6. The summed E-state index contributed by atoms with van der Waals surface area (Å²) in [4.78, 5) is 15.6. The van der Waals surface area contributed by atoms with Crippen LogP contribution in [-0.2, 0) is 0 Å². The molecule has 3 aliphatic rings. The highest BCUT2D eigenvalue weighted by Crippen LogP contribution is 2.35. The van der Waals surface area contributed by atoms with Crippen molar-refractivity contribution in [2.24, 2.45) is 0 Å². The van der Waals surface area contributed by atoms with Crippen molar-refractivity contribution in [2.75, 3.05) is 32.7 Å². The predicted molar refractivity (Wildman–Crippen MR) is 110 cm³/mol. The van der Waals surface area contributed by atoms with E-state index in [1.165, 1.54) is 76.4 Å². The van der Waals surface area contributed by atoms with Crippen LogP contribution in [0.4, 0.5) is 0 Å². The standard InChI is InChI=1S/C23H35N3O/c27-22(20-9-6-8-19(16-20)21-10-7-13-24-17-21)25-18-23(11-2-1-3-12-23)26-14-4-5-15-26/h6,8-9,16,21,24H,1-5,7,10-15,17-18H2,(H,25,27)/t21-/m0/s1.